The van der Waals surface area contributed by atoms with Crippen LogP contribution < -0.4 is 5.73 Å². The van der Waals surface area contributed by atoms with E-state index in [2.05, 4.69) is 31.2 Å². The van der Waals surface area contributed by atoms with Crippen LogP contribution in [0, 0.1) is 12.8 Å². The predicted octanol–water partition coefficient (Wildman–Crippen LogP) is 3.62. The minimum absolute atomic E-state index is 0.801. The van der Waals surface area contributed by atoms with Crippen LogP contribution in [0.4, 0.5) is 0 Å². The van der Waals surface area contributed by atoms with Gasteiger partial charge in [-0.2, -0.15) is 0 Å². The van der Waals surface area contributed by atoms with Crippen LogP contribution in [0.15, 0.2) is 24.3 Å². The standard InChI is InChI=1S/C15H23N/c1-12-4-2-3-5-15(12)14-8-6-13(7-9-14)10-11-16/h2-5,13-14H,6-11,16H2,1H3. The van der Waals surface area contributed by atoms with Crippen molar-refractivity contribution in [1.29, 1.82) is 0 Å². The van der Waals surface area contributed by atoms with E-state index in [-0.39, 0.29) is 0 Å². The lowest BCUT2D eigenvalue weighted by atomic mass is 9.76. The van der Waals surface area contributed by atoms with Crippen LogP contribution in [-0.2, 0) is 0 Å². The van der Waals surface area contributed by atoms with E-state index in [0.29, 0.717) is 0 Å². The van der Waals surface area contributed by atoms with Crippen molar-refractivity contribution in [1.82, 2.24) is 0 Å². The third-order valence-electron chi connectivity index (χ3n) is 4.05. The molecule has 1 heteroatoms. The maximum atomic E-state index is 5.63. The lowest BCUT2D eigenvalue weighted by Gasteiger charge is -2.29. The zero-order chi connectivity index (χ0) is 11.4. The van der Waals surface area contributed by atoms with Crippen molar-refractivity contribution in [3.63, 3.8) is 0 Å². The molecular weight excluding hydrogens is 194 g/mol. The van der Waals surface area contributed by atoms with Gasteiger partial charge in [-0.3, -0.25) is 0 Å². The Balaban J connectivity index is 1.96. The van der Waals surface area contributed by atoms with Crippen LogP contribution in [0.5, 0.6) is 0 Å². The first-order valence-corrected chi connectivity index (χ1v) is 6.57. The van der Waals surface area contributed by atoms with Gasteiger partial charge in [-0.15, -0.1) is 0 Å². The largest absolute Gasteiger partial charge is 0.330 e. The van der Waals surface area contributed by atoms with E-state index in [1.54, 1.807) is 5.56 Å². The minimum Gasteiger partial charge on any atom is -0.330 e. The lowest BCUT2D eigenvalue weighted by molar-refractivity contribution is 0.313. The number of nitrogens with two attached hydrogens (primary N) is 1. The molecule has 88 valence electrons. The Morgan fingerprint density at radius 3 is 2.44 bits per heavy atom. The second-order valence-corrected chi connectivity index (χ2v) is 5.15. The predicted molar refractivity (Wildman–Crippen MR) is 69.5 cm³/mol. The van der Waals surface area contributed by atoms with Crippen LogP contribution in [0.2, 0.25) is 0 Å². The fraction of sp³-hybridized carbons (Fsp3) is 0.600. The maximum Gasteiger partial charge on any atom is -0.00746 e. The summed E-state index contributed by atoms with van der Waals surface area (Å²) < 4.78 is 0. The Hall–Kier alpha value is -0.820. The molecule has 0 amide bonds. The highest BCUT2D eigenvalue weighted by Crippen LogP contribution is 2.37. The Morgan fingerprint density at radius 2 is 1.81 bits per heavy atom. The highest BCUT2D eigenvalue weighted by Gasteiger charge is 2.22. The van der Waals surface area contributed by atoms with Crippen molar-refractivity contribution in [3.05, 3.63) is 35.4 Å². The Morgan fingerprint density at radius 1 is 1.12 bits per heavy atom. The van der Waals surface area contributed by atoms with Crippen molar-refractivity contribution >= 4 is 0 Å². The minimum atomic E-state index is 0.801. The molecule has 16 heavy (non-hydrogen) atoms. The fourth-order valence-electron chi connectivity index (χ4n) is 3.04. The maximum absolute atomic E-state index is 5.63. The summed E-state index contributed by atoms with van der Waals surface area (Å²) in [4.78, 5) is 0. The summed E-state index contributed by atoms with van der Waals surface area (Å²) in [5, 5.41) is 0. The van der Waals surface area contributed by atoms with Crippen LogP contribution in [0.25, 0.3) is 0 Å². The van der Waals surface area contributed by atoms with Gasteiger partial charge in [0, 0.05) is 0 Å². The quantitative estimate of drug-likeness (QED) is 0.822. The summed E-state index contributed by atoms with van der Waals surface area (Å²) in [5.74, 6) is 1.69. The van der Waals surface area contributed by atoms with Crippen LogP contribution in [0.3, 0.4) is 0 Å². The van der Waals surface area contributed by atoms with Gasteiger partial charge in [-0.1, -0.05) is 24.3 Å². The molecule has 0 radical (unpaired) electrons. The molecule has 0 atom stereocenters. The van der Waals surface area contributed by atoms with Gasteiger partial charge in [0.15, 0.2) is 0 Å². The van der Waals surface area contributed by atoms with Gasteiger partial charge in [-0.25, -0.2) is 0 Å². The van der Waals surface area contributed by atoms with E-state index in [4.69, 9.17) is 5.73 Å². The molecule has 1 aliphatic rings. The SMILES string of the molecule is Cc1ccccc1C1CCC(CCN)CC1. The topological polar surface area (TPSA) is 26.0 Å². The first-order chi connectivity index (χ1) is 7.81. The number of hydrogen-bond donors (Lipinski definition) is 1. The van der Waals surface area contributed by atoms with E-state index in [1.807, 2.05) is 0 Å². The van der Waals surface area contributed by atoms with E-state index < -0.39 is 0 Å². The second kappa shape index (κ2) is 5.49. The Bertz CT molecular complexity index is 324. The van der Waals surface area contributed by atoms with Crippen LogP contribution >= 0.6 is 0 Å². The van der Waals surface area contributed by atoms with Gasteiger partial charge in [0.2, 0.25) is 0 Å². The van der Waals surface area contributed by atoms with Gasteiger partial charge in [0.25, 0.3) is 0 Å². The molecule has 0 saturated heterocycles. The molecule has 2 rings (SSSR count). The van der Waals surface area contributed by atoms with E-state index in [9.17, 15) is 0 Å². The van der Waals surface area contributed by atoms with Crippen molar-refractivity contribution < 1.29 is 0 Å². The summed E-state index contributed by atoms with van der Waals surface area (Å²) in [6.45, 7) is 3.10. The average Bonchev–Trinajstić information content (AvgIpc) is 2.31. The number of benzene rings is 1. The van der Waals surface area contributed by atoms with E-state index in [0.717, 1.165) is 18.4 Å². The molecule has 1 fully saturated rings. The van der Waals surface area contributed by atoms with E-state index in [1.165, 1.54) is 37.7 Å². The fourth-order valence-corrected chi connectivity index (χ4v) is 3.04. The monoisotopic (exact) mass is 217 g/mol. The first kappa shape index (κ1) is 11.7. The molecule has 0 bridgehead atoms. The summed E-state index contributed by atoms with van der Waals surface area (Å²) in [6.07, 6.45) is 6.68. The normalized spacial score (nSPS) is 25.6. The molecule has 0 spiro atoms. The van der Waals surface area contributed by atoms with Gasteiger partial charge in [0.05, 0.1) is 0 Å². The summed E-state index contributed by atoms with van der Waals surface area (Å²) in [6, 6.07) is 8.86. The smallest absolute Gasteiger partial charge is 0.00746 e. The summed E-state index contributed by atoms with van der Waals surface area (Å²) in [5.41, 5.74) is 8.67. The molecule has 1 aromatic carbocycles. The molecule has 2 N–H and O–H groups in total. The molecule has 1 saturated carbocycles. The van der Waals surface area contributed by atoms with E-state index >= 15 is 0 Å². The van der Waals surface area contributed by atoms with Gasteiger partial charge >= 0.3 is 0 Å². The molecule has 1 aromatic rings. The molecule has 0 unspecified atom stereocenters. The Kier molecular flexibility index (Phi) is 4.00. The number of aryl methyl sites for hydroxylation is 1. The molecule has 0 heterocycles. The van der Waals surface area contributed by atoms with Crippen LogP contribution in [-0.4, -0.2) is 6.54 Å². The molecule has 1 aliphatic carbocycles. The third-order valence-corrected chi connectivity index (χ3v) is 4.05. The molecule has 0 aliphatic heterocycles. The van der Waals surface area contributed by atoms with Crippen molar-refractivity contribution in [3.8, 4) is 0 Å². The van der Waals surface area contributed by atoms with Gasteiger partial charge in [0.1, 0.15) is 0 Å². The zero-order valence-corrected chi connectivity index (χ0v) is 10.3. The number of rotatable bonds is 3. The van der Waals surface area contributed by atoms with Crippen molar-refractivity contribution in [2.24, 2.45) is 11.7 Å². The van der Waals surface area contributed by atoms with Gasteiger partial charge in [-0.05, 0) is 68.5 Å². The third kappa shape index (κ3) is 2.65. The molecular formula is C15H23N. The van der Waals surface area contributed by atoms with Gasteiger partial charge < -0.3 is 5.73 Å². The average molecular weight is 217 g/mol. The van der Waals surface area contributed by atoms with Crippen LogP contribution in [0.1, 0.15) is 49.1 Å². The lowest BCUT2D eigenvalue weighted by Crippen LogP contribution is -2.16. The van der Waals surface area contributed by atoms with Crippen molar-refractivity contribution in [2.45, 2.75) is 44.9 Å². The Labute approximate surface area is 99.0 Å². The number of hydrogen-bond acceptors (Lipinski definition) is 1. The van der Waals surface area contributed by atoms with Crippen molar-refractivity contribution in [2.75, 3.05) is 6.54 Å². The summed E-state index contributed by atoms with van der Waals surface area (Å²) in [7, 11) is 0. The molecule has 1 nitrogen and oxygen atoms in total. The highest BCUT2D eigenvalue weighted by molar-refractivity contribution is 5.29. The highest BCUT2D eigenvalue weighted by atomic mass is 14.5. The second-order valence-electron chi connectivity index (χ2n) is 5.15. The first-order valence-electron chi connectivity index (χ1n) is 6.57. The molecule has 0 aromatic heterocycles. The zero-order valence-electron chi connectivity index (χ0n) is 10.3. The summed E-state index contributed by atoms with van der Waals surface area (Å²) >= 11 is 0.